The molecule has 0 aromatic carbocycles. The van der Waals surface area contributed by atoms with Crippen molar-refractivity contribution >= 4 is 23.5 Å². The number of nitrogens with zero attached hydrogens (tertiary/aromatic N) is 2. The van der Waals surface area contributed by atoms with Gasteiger partial charge in [-0.15, -0.1) is 0 Å². The van der Waals surface area contributed by atoms with Crippen molar-refractivity contribution in [2.45, 2.75) is 26.7 Å². The summed E-state index contributed by atoms with van der Waals surface area (Å²) in [6.07, 6.45) is 1.71. The maximum atomic E-state index is 12.4. The fourth-order valence-electron chi connectivity index (χ4n) is 2.44. The van der Waals surface area contributed by atoms with Crippen LogP contribution in [0.3, 0.4) is 0 Å². The first-order valence-corrected chi connectivity index (χ1v) is 7.48. The van der Waals surface area contributed by atoms with E-state index in [1.54, 1.807) is 24.0 Å². The Labute approximate surface area is 128 Å². The van der Waals surface area contributed by atoms with Crippen LogP contribution in [0.25, 0.3) is 0 Å². The van der Waals surface area contributed by atoms with E-state index in [1.807, 2.05) is 6.92 Å². The van der Waals surface area contributed by atoms with Crippen molar-refractivity contribution in [3.8, 4) is 0 Å². The van der Waals surface area contributed by atoms with E-state index in [9.17, 15) is 9.59 Å². The highest BCUT2D eigenvalue weighted by Crippen LogP contribution is 2.26. The number of hydrogen-bond donors (Lipinski definition) is 1. The summed E-state index contributed by atoms with van der Waals surface area (Å²) in [5.74, 6) is -1.32. The molecule has 1 amide bonds. The number of carboxylic acid groups (broad SMARTS) is 1. The van der Waals surface area contributed by atoms with E-state index < -0.39 is 11.9 Å². The van der Waals surface area contributed by atoms with Gasteiger partial charge in [-0.3, -0.25) is 9.59 Å². The molecule has 1 unspecified atom stereocenters. The molecule has 0 bridgehead atoms. The van der Waals surface area contributed by atoms with E-state index in [4.69, 9.17) is 16.7 Å². The van der Waals surface area contributed by atoms with Gasteiger partial charge in [0, 0.05) is 30.3 Å². The average Bonchev–Trinajstić information content (AvgIpc) is 2.36. The lowest BCUT2D eigenvalue weighted by Crippen LogP contribution is -2.53. The number of carboxylic acids is 1. The summed E-state index contributed by atoms with van der Waals surface area (Å²) in [7, 11) is 0. The summed E-state index contributed by atoms with van der Waals surface area (Å²) >= 11 is 5.96. The molecule has 6 heteroatoms. The Balaban J connectivity index is 2.04. The monoisotopic (exact) mass is 310 g/mol. The Morgan fingerprint density at radius 1 is 1.48 bits per heavy atom. The highest BCUT2D eigenvalue weighted by atomic mass is 35.5. The Morgan fingerprint density at radius 2 is 2.14 bits per heavy atom. The third-order valence-electron chi connectivity index (χ3n) is 3.89. The fourth-order valence-corrected chi connectivity index (χ4v) is 2.66. The SMILES string of the molecule is CCCc1cc(C(=O)N2CC(C(C)C(=O)O)C2)cc(Cl)n1. The van der Waals surface area contributed by atoms with Gasteiger partial charge in [0.2, 0.25) is 0 Å². The molecule has 2 heterocycles. The summed E-state index contributed by atoms with van der Waals surface area (Å²) < 4.78 is 0. The molecule has 1 N–H and O–H groups in total. The molecule has 1 aromatic rings. The minimum absolute atomic E-state index is 0.0267. The highest BCUT2D eigenvalue weighted by molar-refractivity contribution is 6.29. The van der Waals surface area contributed by atoms with Crippen LogP contribution >= 0.6 is 11.6 Å². The van der Waals surface area contributed by atoms with Crippen LogP contribution in [-0.2, 0) is 11.2 Å². The van der Waals surface area contributed by atoms with Crippen LogP contribution in [0.1, 0.15) is 36.3 Å². The number of rotatable bonds is 5. The van der Waals surface area contributed by atoms with Crippen LogP contribution in [0.15, 0.2) is 12.1 Å². The van der Waals surface area contributed by atoms with Crippen molar-refractivity contribution in [1.82, 2.24) is 9.88 Å². The molecule has 21 heavy (non-hydrogen) atoms. The standard InChI is InChI=1S/C15H19ClN2O3/c1-3-4-12-5-10(6-13(16)17-12)14(19)18-7-11(8-18)9(2)15(20)21/h5-6,9,11H,3-4,7-8H2,1-2H3,(H,20,21). The first-order valence-electron chi connectivity index (χ1n) is 7.11. The number of carbonyl (C=O) groups excluding carboxylic acids is 1. The zero-order valence-corrected chi connectivity index (χ0v) is 12.9. The number of hydrogen-bond acceptors (Lipinski definition) is 3. The second-order valence-corrected chi connectivity index (χ2v) is 5.90. The van der Waals surface area contributed by atoms with Gasteiger partial charge in [-0.1, -0.05) is 31.9 Å². The van der Waals surface area contributed by atoms with Crippen molar-refractivity contribution in [3.05, 3.63) is 28.5 Å². The molecule has 1 aromatic heterocycles. The van der Waals surface area contributed by atoms with Crippen molar-refractivity contribution in [2.75, 3.05) is 13.1 Å². The zero-order chi connectivity index (χ0) is 15.6. The number of halogens is 1. The van der Waals surface area contributed by atoms with Crippen molar-refractivity contribution in [2.24, 2.45) is 11.8 Å². The van der Waals surface area contributed by atoms with Crippen LogP contribution in [0, 0.1) is 11.8 Å². The Kier molecular flexibility index (Phi) is 4.83. The number of aliphatic carboxylic acids is 1. The summed E-state index contributed by atoms with van der Waals surface area (Å²) in [4.78, 5) is 29.1. The highest BCUT2D eigenvalue weighted by Gasteiger charge is 2.37. The molecule has 1 fully saturated rings. The lowest BCUT2D eigenvalue weighted by molar-refractivity contribution is -0.144. The van der Waals surface area contributed by atoms with E-state index in [2.05, 4.69) is 4.98 Å². The van der Waals surface area contributed by atoms with Crippen LogP contribution in [0.5, 0.6) is 0 Å². The normalized spacial score (nSPS) is 16.4. The van der Waals surface area contributed by atoms with Gasteiger partial charge in [-0.2, -0.15) is 0 Å². The van der Waals surface area contributed by atoms with E-state index >= 15 is 0 Å². The maximum absolute atomic E-state index is 12.4. The second kappa shape index (κ2) is 6.43. The number of likely N-dealkylation sites (tertiary alicyclic amines) is 1. The number of aryl methyl sites for hydroxylation is 1. The first-order chi connectivity index (χ1) is 9.92. The van der Waals surface area contributed by atoms with Crippen LogP contribution in [-0.4, -0.2) is 40.0 Å². The third-order valence-corrected chi connectivity index (χ3v) is 4.09. The van der Waals surface area contributed by atoms with Gasteiger partial charge in [-0.25, -0.2) is 4.98 Å². The lowest BCUT2D eigenvalue weighted by atomic mass is 9.86. The van der Waals surface area contributed by atoms with Gasteiger partial charge in [-0.05, 0) is 18.6 Å². The molecular formula is C15H19ClN2O3. The fraction of sp³-hybridized carbons (Fsp3) is 0.533. The van der Waals surface area contributed by atoms with Crippen LogP contribution in [0.4, 0.5) is 0 Å². The number of amides is 1. The van der Waals surface area contributed by atoms with E-state index in [0.717, 1.165) is 18.5 Å². The molecule has 0 aliphatic carbocycles. The van der Waals surface area contributed by atoms with Gasteiger partial charge in [0.1, 0.15) is 5.15 Å². The van der Waals surface area contributed by atoms with E-state index in [-0.39, 0.29) is 11.8 Å². The number of pyridine rings is 1. The third kappa shape index (κ3) is 3.53. The van der Waals surface area contributed by atoms with Crippen molar-refractivity contribution in [3.63, 3.8) is 0 Å². The van der Waals surface area contributed by atoms with Gasteiger partial charge in [0.05, 0.1) is 5.92 Å². The largest absolute Gasteiger partial charge is 0.481 e. The minimum Gasteiger partial charge on any atom is -0.481 e. The molecule has 1 aliphatic rings. The summed E-state index contributed by atoms with van der Waals surface area (Å²) in [6, 6.07) is 3.34. The molecule has 1 aliphatic heterocycles. The molecule has 0 saturated carbocycles. The molecule has 0 spiro atoms. The molecule has 5 nitrogen and oxygen atoms in total. The Bertz CT molecular complexity index is 556. The molecule has 2 rings (SSSR count). The van der Waals surface area contributed by atoms with Crippen LogP contribution in [0.2, 0.25) is 5.15 Å². The lowest BCUT2D eigenvalue weighted by Gasteiger charge is -2.41. The predicted octanol–water partition coefficient (Wildman–Crippen LogP) is 2.48. The topological polar surface area (TPSA) is 70.5 Å². The second-order valence-electron chi connectivity index (χ2n) is 5.52. The number of carbonyl (C=O) groups is 2. The minimum atomic E-state index is -0.815. The molecule has 114 valence electrons. The van der Waals surface area contributed by atoms with Gasteiger partial charge >= 0.3 is 5.97 Å². The van der Waals surface area contributed by atoms with Gasteiger partial charge < -0.3 is 10.0 Å². The Morgan fingerprint density at radius 3 is 2.71 bits per heavy atom. The molecule has 0 radical (unpaired) electrons. The molecule has 1 saturated heterocycles. The summed E-state index contributed by atoms with van der Waals surface area (Å²) in [5.41, 5.74) is 1.34. The van der Waals surface area contributed by atoms with E-state index in [1.165, 1.54) is 0 Å². The van der Waals surface area contributed by atoms with Crippen molar-refractivity contribution < 1.29 is 14.7 Å². The quantitative estimate of drug-likeness (QED) is 0.848. The predicted molar refractivity (Wildman–Crippen MR) is 79.4 cm³/mol. The van der Waals surface area contributed by atoms with Gasteiger partial charge in [0.25, 0.3) is 5.91 Å². The summed E-state index contributed by atoms with van der Waals surface area (Å²) in [6.45, 7) is 4.68. The first kappa shape index (κ1) is 15.8. The average molecular weight is 311 g/mol. The smallest absolute Gasteiger partial charge is 0.306 e. The van der Waals surface area contributed by atoms with Gasteiger partial charge in [0.15, 0.2) is 0 Å². The Hall–Kier alpha value is -1.62. The zero-order valence-electron chi connectivity index (χ0n) is 12.2. The molecule has 1 atom stereocenters. The molecular weight excluding hydrogens is 292 g/mol. The maximum Gasteiger partial charge on any atom is 0.306 e. The van der Waals surface area contributed by atoms with E-state index in [0.29, 0.717) is 23.8 Å². The number of aromatic nitrogens is 1. The summed E-state index contributed by atoms with van der Waals surface area (Å²) in [5, 5.41) is 9.28. The van der Waals surface area contributed by atoms with Crippen molar-refractivity contribution in [1.29, 1.82) is 0 Å². The van der Waals surface area contributed by atoms with Crippen LogP contribution < -0.4 is 0 Å².